The number of hydrogen-bond donors (Lipinski definition) is 1. The van der Waals surface area contributed by atoms with Gasteiger partial charge in [0.15, 0.2) is 0 Å². The Labute approximate surface area is 140 Å². The molecule has 1 aromatic heterocycles. The normalized spacial score (nSPS) is 11.1. The van der Waals surface area contributed by atoms with Crippen LogP contribution in [0.4, 0.5) is 0 Å². The molecular weight excluding hydrogens is 298 g/mol. The van der Waals surface area contributed by atoms with E-state index in [1.54, 1.807) is 6.20 Å². The minimum Gasteiger partial charge on any atom is -0.273 e. The van der Waals surface area contributed by atoms with E-state index in [1.165, 1.54) is 0 Å². The van der Waals surface area contributed by atoms with Crippen molar-refractivity contribution in [3.8, 4) is 0 Å². The lowest BCUT2D eigenvalue weighted by Crippen LogP contribution is -2.22. The fourth-order valence-corrected chi connectivity index (χ4v) is 2.31. The van der Waals surface area contributed by atoms with Crippen LogP contribution in [-0.4, -0.2) is 16.6 Å². The third kappa shape index (κ3) is 4.14. The smallest absolute Gasteiger partial charge is 0.244 e. The molecule has 0 spiro atoms. The lowest BCUT2D eigenvalue weighted by atomic mass is 10.1. The number of hydrazone groups is 1. The number of nitrogens with one attached hydrogen (secondary N) is 1. The Kier molecular flexibility index (Phi) is 5.10. The molecule has 0 aliphatic heterocycles. The molecule has 0 aliphatic carbocycles. The van der Waals surface area contributed by atoms with Crippen molar-refractivity contribution in [1.82, 2.24) is 10.4 Å². The van der Waals surface area contributed by atoms with Crippen LogP contribution in [0.15, 0.2) is 90.2 Å². The molecule has 1 heterocycles. The average Bonchev–Trinajstić information content (AvgIpc) is 2.64. The predicted molar refractivity (Wildman–Crippen MR) is 94.6 cm³/mol. The topological polar surface area (TPSA) is 54.4 Å². The molecule has 24 heavy (non-hydrogen) atoms. The number of carbonyl (C=O) groups excluding carboxylic acids is 1. The Morgan fingerprint density at radius 3 is 2.21 bits per heavy atom. The Balaban J connectivity index is 1.81. The maximum Gasteiger partial charge on any atom is 0.244 e. The minimum atomic E-state index is -0.162. The summed E-state index contributed by atoms with van der Waals surface area (Å²) in [5.74, 6) is -0.162. The van der Waals surface area contributed by atoms with E-state index < -0.39 is 0 Å². The fourth-order valence-electron chi connectivity index (χ4n) is 2.31. The lowest BCUT2D eigenvalue weighted by Gasteiger charge is -2.07. The zero-order valence-electron chi connectivity index (χ0n) is 13.1. The first-order chi connectivity index (χ1) is 11.8. The quantitative estimate of drug-likeness (QED) is 0.581. The molecule has 0 aliphatic rings. The van der Waals surface area contributed by atoms with Gasteiger partial charge in [0.25, 0.3) is 0 Å². The number of carbonyl (C=O) groups is 1. The Bertz CT molecular complexity index is 774. The molecule has 0 bridgehead atoms. The summed E-state index contributed by atoms with van der Waals surface area (Å²) in [4.78, 5) is 16.5. The van der Waals surface area contributed by atoms with Gasteiger partial charge in [0, 0.05) is 11.8 Å². The molecule has 0 saturated heterocycles. The summed E-state index contributed by atoms with van der Waals surface area (Å²) in [6.45, 7) is 0. The van der Waals surface area contributed by atoms with Crippen LogP contribution in [0.25, 0.3) is 0 Å². The summed E-state index contributed by atoms with van der Waals surface area (Å²) in [5.41, 5.74) is 5.83. The van der Waals surface area contributed by atoms with Crippen molar-refractivity contribution in [1.29, 1.82) is 0 Å². The molecule has 0 fully saturated rings. The number of rotatable bonds is 5. The van der Waals surface area contributed by atoms with Crippen molar-refractivity contribution in [2.45, 2.75) is 6.42 Å². The third-order valence-corrected chi connectivity index (χ3v) is 3.45. The highest BCUT2D eigenvalue weighted by molar-refractivity contribution is 6.11. The molecule has 118 valence electrons. The standard InChI is InChI=1S/C20H17N3O/c24-19(15-16-9-3-1-4-10-16)22-23-20(17-11-5-2-6-12-17)18-13-7-8-14-21-18/h1-14H,15H2,(H,22,24)/b23-20+. The highest BCUT2D eigenvalue weighted by atomic mass is 16.2. The average molecular weight is 315 g/mol. The highest BCUT2D eigenvalue weighted by Crippen LogP contribution is 2.08. The number of nitrogens with zero attached hydrogens (tertiary/aromatic N) is 2. The minimum absolute atomic E-state index is 0.162. The van der Waals surface area contributed by atoms with Crippen molar-refractivity contribution in [2.24, 2.45) is 5.10 Å². The van der Waals surface area contributed by atoms with Gasteiger partial charge >= 0.3 is 0 Å². The summed E-state index contributed by atoms with van der Waals surface area (Å²) in [7, 11) is 0. The highest BCUT2D eigenvalue weighted by Gasteiger charge is 2.09. The first-order valence-electron chi connectivity index (χ1n) is 7.70. The Morgan fingerprint density at radius 2 is 1.54 bits per heavy atom. The third-order valence-electron chi connectivity index (χ3n) is 3.45. The van der Waals surface area contributed by atoms with Gasteiger partial charge in [-0.2, -0.15) is 5.10 Å². The molecule has 0 atom stereocenters. The van der Waals surface area contributed by atoms with Gasteiger partial charge in [-0.15, -0.1) is 0 Å². The predicted octanol–water partition coefficient (Wildman–Crippen LogP) is 3.19. The second kappa shape index (κ2) is 7.83. The maximum absolute atomic E-state index is 12.1. The van der Waals surface area contributed by atoms with Crippen molar-refractivity contribution in [2.75, 3.05) is 0 Å². The summed E-state index contributed by atoms with van der Waals surface area (Å²) in [5, 5.41) is 4.31. The monoisotopic (exact) mass is 315 g/mol. The Hall–Kier alpha value is -3.27. The van der Waals surface area contributed by atoms with Gasteiger partial charge in [-0.3, -0.25) is 9.78 Å². The van der Waals surface area contributed by atoms with Gasteiger partial charge in [-0.05, 0) is 17.7 Å². The van der Waals surface area contributed by atoms with E-state index in [0.717, 1.165) is 11.1 Å². The molecule has 2 aromatic carbocycles. The molecule has 4 heteroatoms. The maximum atomic E-state index is 12.1. The van der Waals surface area contributed by atoms with Gasteiger partial charge in [-0.25, -0.2) is 5.43 Å². The molecule has 0 saturated carbocycles. The first-order valence-corrected chi connectivity index (χ1v) is 7.70. The molecule has 3 aromatic rings. The van der Waals surface area contributed by atoms with Gasteiger partial charge in [0.2, 0.25) is 5.91 Å². The van der Waals surface area contributed by atoms with Crippen molar-refractivity contribution in [3.05, 3.63) is 102 Å². The van der Waals surface area contributed by atoms with E-state index in [4.69, 9.17) is 0 Å². The van der Waals surface area contributed by atoms with Gasteiger partial charge < -0.3 is 0 Å². The van der Waals surface area contributed by atoms with E-state index in [0.29, 0.717) is 11.4 Å². The van der Waals surface area contributed by atoms with E-state index in [9.17, 15) is 4.79 Å². The van der Waals surface area contributed by atoms with Crippen LogP contribution < -0.4 is 5.43 Å². The lowest BCUT2D eigenvalue weighted by molar-refractivity contribution is -0.120. The molecule has 3 rings (SSSR count). The van der Waals surface area contributed by atoms with Crippen molar-refractivity contribution < 1.29 is 4.79 Å². The van der Waals surface area contributed by atoms with Crippen molar-refractivity contribution in [3.63, 3.8) is 0 Å². The molecule has 0 radical (unpaired) electrons. The number of aromatic nitrogens is 1. The van der Waals surface area contributed by atoms with Crippen molar-refractivity contribution >= 4 is 11.6 Å². The van der Waals surface area contributed by atoms with Gasteiger partial charge in [0.05, 0.1) is 12.1 Å². The molecule has 4 nitrogen and oxygen atoms in total. The number of hydrogen-bond acceptors (Lipinski definition) is 3. The summed E-state index contributed by atoms with van der Waals surface area (Å²) >= 11 is 0. The Morgan fingerprint density at radius 1 is 0.875 bits per heavy atom. The van der Waals surface area contributed by atoms with Crippen LogP contribution in [-0.2, 0) is 11.2 Å². The fraction of sp³-hybridized carbons (Fsp3) is 0.0500. The largest absolute Gasteiger partial charge is 0.273 e. The second-order valence-corrected chi connectivity index (χ2v) is 5.24. The van der Waals surface area contributed by atoms with Crippen LogP contribution in [0.1, 0.15) is 16.8 Å². The van der Waals surface area contributed by atoms with E-state index >= 15 is 0 Å². The second-order valence-electron chi connectivity index (χ2n) is 5.24. The van der Waals surface area contributed by atoms with Crippen LogP contribution in [0.5, 0.6) is 0 Å². The van der Waals surface area contributed by atoms with Crippen LogP contribution in [0.2, 0.25) is 0 Å². The van der Waals surface area contributed by atoms with E-state index in [2.05, 4.69) is 15.5 Å². The van der Waals surface area contributed by atoms with Crippen LogP contribution in [0.3, 0.4) is 0 Å². The molecular formula is C20H17N3O. The van der Waals surface area contributed by atoms with Gasteiger partial charge in [0.1, 0.15) is 5.71 Å². The number of pyridine rings is 1. The van der Waals surface area contributed by atoms with E-state index in [-0.39, 0.29) is 12.3 Å². The van der Waals surface area contributed by atoms with Crippen LogP contribution >= 0.6 is 0 Å². The summed E-state index contributed by atoms with van der Waals surface area (Å²) in [6, 6.07) is 24.9. The van der Waals surface area contributed by atoms with Crippen LogP contribution in [0, 0.1) is 0 Å². The summed E-state index contributed by atoms with van der Waals surface area (Å²) < 4.78 is 0. The molecule has 0 unspecified atom stereocenters. The SMILES string of the molecule is O=C(Cc1ccccc1)N/N=C(\c1ccccc1)c1ccccn1. The zero-order chi connectivity index (χ0) is 16.6. The zero-order valence-corrected chi connectivity index (χ0v) is 13.1. The molecule has 1 N–H and O–H groups in total. The summed E-state index contributed by atoms with van der Waals surface area (Å²) in [6.07, 6.45) is 1.99. The number of amides is 1. The molecule has 1 amide bonds. The van der Waals surface area contributed by atoms with E-state index in [1.807, 2.05) is 78.9 Å². The van der Waals surface area contributed by atoms with Gasteiger partial charge in [-0.1, -0.05) is 66.7 Å². The number of benzene rings is 2. The first kappa shape index (κ1) is 15.6.